The van der Waals surface area contributed by atoms with Crippen LogP contribution >= 0.6 is 11.3 Å². The van der Waals surface area contributed by atoms with Crippen LogP contribution in [0.1, 0.15) is 17.3 Å². The van der Waals surface area contributed by atoms with Crippen LogP contribution in [0.4, 0.5) is 0 Å². The SMILES string of the molecule is CN1CCN(C(=O)C2CC(c3cccs3)NS(=O)(=O)N2C)CC1. The van der Waals surface area contributed by atoms with Crippen LogP contribution in [0.15, 0.2) is 17.5 Å². The minimum absolute atomic E-state index is 0.0905. The lowest BCUT2D eigenvalue weighted by Crippen LogP contribution is -2.59. The maximum Gasteiger partial charge on any atom is 0.280 e. The van der Waals surface area contributed by atoms with Crippen molar-refractivity contribution in [3.05, 3.63) is 22.4 Å². The van der Waals surface area contributed by atoms with Gasteiger partial charge in [-0.1, -0.05) is 6.07 Å². The van der Waals surface area contributed by atoms with Crippen LogP contribution in [0.3, 0.4) is 0 Å². The van der Waals surface area contributed by atoms with Crippen LogP contribution in [-0.2, 0) is 15.0 Å². The summed E-state index contributed by atoms with van der Waals surface area (Å²) in [6.45, 7) is 2.94. The fourth-order valence-corrected chi connectivity index (χ4v) is 5.13. The third kappa shape index (κ3) is 3.43. The van der Waals surface area contributed by atoms with Gasteiger partial charge in [0.2, 0.25) is 5.91 Å². The molecule has 1 aromatic heterocycles. The molecular formula is C14H22N4O3S2. The Morgan fingerprint density at radius 3 is 2.57 bits per heavy atom. The van der Waals surface area contributed by atoms with Gasteiger partial charge in [0.25, 0.3) is 10.2 Å². The zero-order valence-electron chi connectivity index (χ0n) is 13.3. The molecule has 9 heteroatoms. The Hall–Kier alpha value is -1.00. The Bertz CT molecular complexity index is 654. The molecule has 0 radical (unpaired) electrons. The smallest absolute Gasteiger partial charge is 0.280 e. The summed E-state index contributed by atoms with van der Waals surface area (Å²) in [4.78, 5) is 17.7. The van der Waals surface area contributed by atoms with Gasteiger partial charge in [0.15, 0.2) is 0 Å². The summed E-state index contributed by atoms with van der Waals surface area (Å²) in [7, 11) is -0.147. The van der Waals surface area contributed by atoms with E-state index in [1.807, 2.05) is 24.6 Å². The molecule has 7 nitrogen and oxygen atoms in total. The molecule has 0 saturated carbocycles. The molecule has 1 amide bonds. The van der Waals surface area contributed by atoms with Crippen LogP contribution < -0.4 is 4.72 Å². The number of rotatable bonds is 2. The first-order chi connectivity index (χ1) is 10.9. The van der Waals surface area contributed by atoms with Gasteiger partial charge in [0, 0.05) is 38.1 Å². The Balaban J connectivity index is 1.80. The number of nitrogens with zero attached hydrogens (tertiary/aromatic N) is 3. The lowest BCUT2D eigenvalue weighted by atomic mass is 10.0. The second-order valence-electron chi connectivity index (χ2n) is 6.09. The molecule has 3 rings (SSSR count). The van der Waals surface area contributed by atoms with Crippen LogP contribution in [0.25, 0.3) is 0 Å². The van der Waals surface area contributed by atoms with E-state index in [9.17, 15) is 13.2 Å². The maximum atomic E-state index is 12.9. The van der Waals surface area contributed by atoms with Gasteiger partial charge in [-0.3, -0.25) is 4.79 Å². The molecule has 1 aromatic rings. The van der Waals surface area contributed by atoms with Gasteiger partial charge in [-0.2, -0.15) is 17.4 Å². The van der Waals surface area contributed by atoms with E-state index in [4.69, 9.17) is 0 Å². The fraction of sp³-hybridized carbons (Fsp3) is 0.643. The topological polar surface area (TPSA) is 73.0 Å². The van der Waals surface area contributed by atoms with Gasteiger partial charge in [0.05, 0.1) is 6.04 Å². The highest BCUT2D eigenvalue weighted by molar-refractivity contribution is 7.87. The molecule has 2 fully saturated rings. The predicted octanol–water partition coefficient (Wildman–Crippen LogP) is 0.102. The van der Waals surface area contributed by atoms with Crippen molar-refractivity contribution in [2.24, 2.45) is 0 Å². The quantitative estimate of drug-likeness (QED) is 0.814. The van der Waals surface area contributed by atoms with E-state index in [0.717, 1.165) is 18.0 Å². The molecule has 2 aliphatic rings. The summed E-state index contributed by atoms with van der Waals surface area (Å²) in [6, 6.07) is 2.82. The van der Waals surface area contributed by atoms with E-state index in [0.29, 0.717) is 19.5 Å². The molecule has 2 saturated heterocycles. The minimum atomic E-state index is -3.65. The van der Waals surface area contributed by atoms with E-state index in [1.165, 1.54) is 22.7 Å². The second kappa shape index (κ2) is 6.48. The number of carbonyl (C=O) groups is 1. The van der Waals surface area contributed by atoms with Crippen LogP contribution in [-0.4, -0.2) is 74.7 Å². The first kappa shape index (κ1) is 16.8. The number of piperazine rings is 1. The Morgan fingerprint density at radius 2 is 1.96 bits per heavy atom. The van der Waals surface area contributed by atoms with Gasteiger partial charge in [0.1, 0.15) is 6.04 Å². The van der Waals surface area contributed by atoms with Crippen molar-refractivity contribution < 1.29 is 13.2 Å². The van der Waals surface area contributed by atoms with Crippen LogP contribution in [0.5, 0.6) is 0 Å². The van der Waals surface area contributed by atoms with Crippen molar-refractivity contribution in [1.82, 2.24) is 18.8 Å². The number of amides is 1. The summed E-state index contributed by atoms with van der Waals surface area (Å²) in [5.74, 6) is -0.0905. The summed E-state index contributed by atoms with van der Waals surface area (Å²) in [5, 5.41) is 1.92. The second-order valence-corrected chi connectivity index (χ2v) is 8.83. The van der Waals surface area contributed by atoms with Gasteiger partial charge >= 0.3 is 0 Å². The summed E-state index contributed by atoms with van der Waals surface area (Å²) >= 11 is 1.50. The molecule has 128 valence electrons. The predicted molar refractivity (Wildman–Crippen MR) is 89.4 cm³/mol. The maximum absolute atomic E-state index is 12.9. The molecular weight excluding hydrogens is 336 g/mol. The van der Waals surface area contributed by atoms with Gasteiger partial charge in [-0.15, -0.1) is 11.3 Å². The van der Waals surface area contributed by atoms with Gasteiger partial charge in [-0.05, 0) is 24.9 Å². The lowest BCUT2D eigenvalue weighted by Gasteiger charge is -2.40. The Kier molecular flexibility index (Phi) is 4.75. The van der Waals surface area contributed by atoms with Crippen LogP contribution in [0.2, 0.25) is 0 Å². The highest BCUT2D eigenvalue weighted by Crippen LogP contribution is 2.31. The molecule has 23 heavy (non-hydrogen) atoms. The summed E-state index contributed by atoms with van der Waals surface area (Å²) in [6.07, 6.45) is 0.460. The third-order valence-corrected chi connectivity index (χ3v) is 7.14. The van der Waals surface area contributed by atoms with Crippen molar-refractivity contribution >= 4 is 27.5 Å². The molecule has 2 aliphatic heterocycles. The third-order valence-electron chi connectivity index (χ3n) is 4.55. The van der Waals surface area contributed by atoms with E-state index in [2.05, 4.69) is 9.62 Å². The number of thiophene rings is 1. The number of likely N-dealkylation sites (N-methyl/N-ethyl adjacent to an activating group) is 2. The highest BCUT2D eigenvalue weighted by Gasteiger charge is 2.42. The molecule has 3 heterocycles. The molecule has 2 atom stereocenters. The number of nitrogens with one attached hydrogen (secondary N) is 1. The highest BCUT2D eigenvalue weighted by atomic mass is 32.2. The summed E-state index contributed by atoms with van der Waals surface area (Å²) in [5.41, 5.74) is 0. The van der Waals surface area contributed by atoms with E-state index < -0.39 is 16.3 Å². The Morgan fingerprint density at radius 1 is 1.26 bits per heavy atom. The first-order valence-electron chi connectivity index (χ1n) is 7.64. The molecule has 0 bridgehead atoms. The molecule has 0 aromatic carbocycles. The van der Waals surface area contributed by atoms with Crippen molar-refractivity contribution in [2.45, 2.75) is 18.5 Å². The summed E-state index contributed by atoms with van der Waals surface area (Å²) < 4.78 is 28.6. The average Bonchev–Trinajstić information content (AvgIpc) is 3.04. The molecule has 2 unspecified atom stereocenters. The van der Waals surface area contributed by atoms with Crippen molar-refractivity contribution in [1.29, 1.82) is 0 Å². The lowest BCUT2D eigenvalue weighted by molar-refractivity contribution is -0.137. The first-order valence-corrected chi connectivity index (χ1v) is 9.96. The number of hydrogen-bond acceptors (Lipinski definition) is 5. The number of carbonyl (C=O) groups excluding carboxylic acids is 1. The minimum Gasteiger partial charge on any atom is -0.339 e. The fourth-order valence-electron chi connectivity index (χ4n) is 3.01. The Labute approximate surface area is 141 Å². The average molecular weight is 358 g/mol. The van der Waals surface area contributed by atoms with Crippen molar-refractivity contribution in [3.8, 4) is 0 Å². The van der Waals surface area contributed by atoms with E-state index in [-0.39, 0.29) is 11.9 Å². The van der Waals surface area contributed by atoms with Crippen molar-refractivity contribution in [2.75, 3.05) is 40.3 Å². The van der Waals surface area contributed by atoms with Crippen molar-refractivity contribution in [3.63, 3.8) is 0 Å². The largest absolute Gasteiger partial charge is 0.339 e. The van der Waals surface area contributed by atoms with Gasteiger partial charge < -0.3 is 9.80 Å². The zero-order chi connectivity index (χ0) is 16.6. The van der Waals surface area contributed by atoms with Gasteiger partial charge in [-0.25, -0.2) is 0 Å². The monoisotopic (exact) mass is 358 g/mol. The van der Waals surface area contributed by atoms with E-state index >= 15 is 0 Å². The molecule has 1 N–H and O–H groups in total. The standard InChI is InChI=1S/C14H22N4O3S2/c1-16-5-7-18(8-6-16)14(19)12-10-11(13-4-3-9-22-13)15-23(20,21)17(12)2/h3-4,9,11-12,15H,5-8,10H2,1-2H3. The van der Waals surface area contributed by atoms with E-state index in [1.54, 1.807) is 4.90 Å². The van der Waals surface area contributed by atoms with Crippen LogP contribution in [0, 0.1) is 0 Å². The zero-order valence-corrected chi connectivity index (χ0v) is 14.9. The normalized spacial score (nSPS) is 29.6. The molecule has 0 aliphatic carbocycles. The molecule has 0 spiro atoms. The number of hydrogen-bond donors (Lipinski definition) is 1.